The van der Waals surface area contributed by atoms with Crippen LogP contribution in [0.25, 0.3) is 0 Å². The van der Waals surface area contributed by atoms with Crippen molar-refractivity contribution in [3.8, 4) is 6.07 Å². The van der Waals surface area contributed by atoms with Crippen LogP contribution in [0.4, 0.5) is 4.79 Å². The number of carbonyl (C=O) groups is 1. The summed E-state index contributed by atoms with van der Waals surface area (Å²) in [5.41, 5.74) is 1.63. The summed E-state index contributed by atoms with van der Waals surface area (Å²) in [6, 6.07) is 10.6. The molecular weight excluding hydrogens is 386 g/mol. The number of benzene rings is 1. The van der Waals surface area contributed by atoms with Crippen molar-refractivity contribution in [1.29, 1.82) is 5.26 Å². The quantitative estimate of drug-likeness (QED) is 0.673. The summed E-state index contributed by atoms with van der Waals surface area (Å²) in [7, 11) is 0. The lowest BCUT2D eigenvalue weighted by Crippen LogP contribution is -2.41. The van der Waals surface area contributed by atoms with E-state index in [0.717, 1.165) is 36.7 Å². The number of amides is 1. The van der Waals surface area contributed by atoms with E-state index in [1.807, 2.05) is 39.0 Å². The van der Waals surface area contributed by atoms with E-state index in [0.29, 0.717) is 0 Å². The summed E-state index contributed by atoms with van der Waals surface area (Å²) in [5.74, 6) is 1.52. The summed E-state index contributed by atoms with van der Waals surface area (Å²) in [6.45, 7) is 9.29. The van der Waals surface area contributed by atoms with Gasteiger partial charge in [-0.2, -0.15) is 5.26 Å². The standard InChI is InChI=1S/C26H39N3O2/c1-26(2,3)31-25(30)28-24-9-7-20(8-10-24)11-14-29-15-12-21(13-16-29)17-22-5-4-6-23(18-22)19-27/h4-6,18,20-21,24H,7-17H2,1-3H3,(H,28,30). The Balaban J connectivity index is 1.30. The fraction of sp³-hybridized carbons (Fsp3) is 0.692. The number of hydrogen-bond donors (Lipinski definition) is 1. The Morgan fingerprint density at radius 2 is 1.84 bits per heavy atom. The molecule has 2 aliphatic rings. The summed E-state index contributed by atoms with van der Waals surface area (Å²) in [6.07, 6.45) is 9.12. The van der Waals surface area contributed by atoms with Gasteiger partial charge in [0.25, 0.3) is 0 Å². The highest BCUT2D eigenvalue weighted by atomic mass is 16.6. The predicted molar refractivity (Wildman–Crippen MR) is 124 cm³/mol. The van der Waals surface area contributed by atoms with Gasteiger partial charge < -0.3 is 15.0 Å². The molecule has 5 heteroatoms. The van der Waals surface area contributed by atoms with Gasteiger partial charge in [0.05, 0.1) is 11.6 Å². The Morgan fingerprint density at radius 1 is 1.13 bits per heavy atom. The van der Waals surface area contributed by atoms with E-state index >= 15 is 0 Å². The molecule has 0 unspecified atom stereocenters. The molecule has 0 radical (unpaired) electrons. The van der Waals surface area contributed by atoms with Crippen LogP contribution in [0.2, 0.25) is 0 Å². The second-order valence-corrected chi connectivity index (χ2v) is 10.5. The van der Waals surface area contributed by atoms with Crippen LogP contribution in [-0.4, -0.2) is 42.3 Å². The summed E-state index contributed by atoms with van der Waals surface area (Å²) >= 11 is 0. The zero-order valence-corrected chi connectivity index (χ0v) is 19.5. The number of piperidine rings is 1. The van der Waals surface area contributed by atoms with Crippen LogP contribution in [0.5, 0.6) is 0 Å². The molecule has 1 saturated heterocycles. The van der Waals surface area contributed by atoms with Gasteiger partial charge in [-0.05, 0) is 121 Å². The van der Waals surface area contributed by atoms with Crippen LogP contribution in [-0.2, 0) is 11.2 Å². The predicted octanol–water partition coefficient (Wildman–Crippen LogP) is 5.29. The third kappa shape index (κ3) is 8.18. The summed E-state index contributed by atoms with van der Waals surface area (Å²) in [4.78, 5) is 14.6. The van der Waals surface area contributed by atoms with Crippen LogP contribution in [0.3, 0.4) is 0 Å². The Bertz CT molecular complexity index is 749. The van der Waals surface area contributed by atoms with Gasteiger partial charge in [0.15, 0.2) is 0 Å². The number of nitrogens with one attached hydrogen (secondary N) is 1. The molecule has 0 atom stereocenters. The Kier molecular flexibility index (Phi) is 8.37. The average Bonchev–Trinajstić information content (AvgIpc) is 2.73. The number of ether oxygens (including phenoxy) is 1. The minimum Gasteiger partial charge on any atom is -0.444 e. The van der Waals surface area contributed by atoms with Crippen LogP contribution < -0.4 is 5.32 Å². The van der Waals surface area contributed by atoms with Gasteiger partial charge >= 0.3 is 6.09 Å². The molecule has 3 rings (SSSR count). The van der Waals surface area contributed by atoms with Crippen LogP contribution in [0.15, 0.2) is 24.3 Å². The first-order valence-electron chi connectivity index (χ1n) is 12.0. The largest absolute Gasteiger partial charge is 0.444 e. The maximum absolute atomic E-state index is 12.0. The fourth-order valence-electron chi connectivity index (χ4n) is 4.95. The molecule has 31 heavy (non-hydrogen) atoms. The molecule has 1 amide bonds. The van der Waals surface area contributed by atoms with Gasteiger partial charge in [-0.1, -0.05) is 12.1 Å². The second-order valence-electron chi connectivity index (χ2n) is 10.5. The van der Waals surface area contributed by atoms with Gasteiger partial charge in [-0.25, -0.2) is 4.79 Å². The van der Waals surface area contributed by atoms with E-state index in [9.17, 15) is 4.79 Å². The van der Waals surface area contributed by atoms with Crippen molar-refractivity contribution in [2.45, 2.75) is 83.8 Å². The van der Waals surface area contributed by atoms with Crippen molar-refractivity contribution in [3.63, 3.8) is 0 Å². The first-order chi connectivity index (χ1) is 14.8. The molecule has 1 heterocycles. The van der Waals surface area contributed by atoms with Gasteiger partial charge in [0.1, 0.15) is 5.60 Å². The van der Waals surface area contributed by atoms with E-state index < -0.39 is 5.60 Å². The molecule has 1 aromatic rings. The van der Waals surface area contributed by atoms with Crippen molar-refractivity contribution in [3.05, 3.63) is 35.4 Å². The molecule has 1 aliphatic carbocycles. The number of hydrogen-bond acceptors (Lipinski definition) is 4. The van der Waals surface area contributed by atoms with Crippen molar-refractivity contribution in [2.75, 3.05) is 19.6 Å². The third-order valence-corrected chi connectivity index (χ3v) is 6.71. The topological polar surface area (TPSA) is 65.4 Å². The number of rotatable bonds is 6. The van der Waals surface area contributed by atoms with E-state index in [1.54, 1.807) is 0 Å². The van der Waals surface area contributed by atoms with Gasteiger partial charge in [-0.15, -0.1) is 0 Å². The molecule has 170 valence electrons. The van der Waals surface area contributed by atoms with Gasteiger partial charge in [0, 0.05) is 6.04 Å². The maximum Gasteiger partial charge on any atom is 0.407 e. The molecule has 2 fully saturated rings. The van der Waals surface area contributed by atoms with Gasteiger partial charge in [-0.3, -0.25) is 0 Å². The monoisotopic (exact) mass is 425 g/mol. The normalized spacial score (nSPS) is 23.2. The number of carbonyl (C=O) groups excluding carboxylic acids is 1. The van der Waals surface area contributed by atoms with E-state index in [1.165, 1.54) is 57.3 Å². The Labute approximate surface area is 188 Å². The minimum atomic E-state index is -0.435. The highest BCUT2D eigenvalue weighted by molar-refractivity contribution is 5.68. The lowest BCUT2D eigenvalue weighted by Gasteiger charge is -2.34. The SMILES string of the molecule is CC(C)(C)OC(=O)NC1CCC(CCN2CCC(Cc3cccc(C#N)c3)CC2)CC1. The minimum absolute atomic E-state index is 0.265. The molecule has 0 bridgehead atoms. The van der Waals surface area contributed by atoms with Crippen LogP contribution in [0.1, 0.15) is 76.8 Å². The molecule has 1 N–H and O–H groups in total. The molecule has 1 aromatic carbocycles. The maximum atomic E-state index is 12.0. The number of alkyl carbamates (subject to hydrolysis) is 1. The van der Waals surface area contributed by atoms with Crippen molar-refractivity contribution >= 4 is 6.09 Å². The molecule has 1 saturated carbocycles. The second kappa shape index (κ2) is 11.0. The van der Waals surface area contributed by atoms with Crippen molar-refractivity contribution in [1.82, 2.24) is 10.2 Å². The molecular formula is C26H39N3O2. The smallest absolute Gasteiger partial charge is 0.407 e. The number of nitriles is 1. The lowest BCUT2D eigenvalue weighted by molar-refractivity contribution is 0.0485. The molecule has 1 aliphatic heterocycles. The molecule has 5 nitrogen and oxygen atoms in total. The van der Waals surface area contributed by atoms with E-state index in [2.05, 4.69) is 22.4 Å². The van der Waals surface area contributed by atoms with Crippen molar-refractivity contribution < 1.29 is 9.53 Å². The molecule has 0 spiro atoms. The van der Waals surface area contributed by atoms with E-state index in [4.69, 9.17) is 10.00 Å². The Morgan fingerprint density at radius 3 is 2.48 bits per heavy atom. The first-order valence-corrected chi connectivity index (χ1v) is 12.0. The Hall–Kier alpha value is -2.06. The average molecular weight is 426 g/mol. The van der Waals surface area contributed by atoms with Crippen LogP contribution >= 0.6 is 0 Å². The zero-order valence-electron chi connectivity index (χ0n) is 19.5. The highest BCUT2D eigenvalue weighted by Gasteiger charge is 2.26. The van der Waals surface area contributed by atoms with E-state index in [-0.39, 0.29) is 12.1 Å². The van der Waals surface area contributed by atoms with Crippen molar-refractivity contribution in [2.24, 2.45) is 11.8 Å². The zero-order chi connectivity index (χ0) is 22.3. The molecule has 0 aromatic heterocycles. The fourth-order valence-corrected chi connectivity index (χ4v) is 4.95. The summed E-state index contributed by atoms with van der Waals surface area (Å²) < 4.78 is 5.38. The number of likely N-dealkylation sites (tertiary alicyclic amines) is 1. The number of nitrogens with zero attached hydrogens (tertiary/aromatic N) is 2. The summed E-state index contributed by atoms with van der Waals surface area (Å²) in [5, 5.41) is 12.1. The van der Waals surface area contributed by atoms with Crippen LogP contribution in [0, 0.1) is 23.2 Å². The third-order valence-electron chi connectivity index (χ3n) is 6.71. The first kappa shape index (κ1) is 23.6. The lowest BCUT2D eigenvalue weighted by atomic mass is 9.83. The van der Waals surface area contributed by atoms with Gasteiger partial charge in [0.2, 0.25) is 0 Å². The highest BCUT2D eigenvalue weighted by Crippen LogP contribution is 2.28.